The zero-order valence-corrected chi connectivity index (χ0v) is 5.92. The SMILES string of the molecule is COC1=C(O)C(=N)C(=O)C=C1. The van der Waals surface area contributed by atoms with E-state index in [-0.39, 0.29) is 5.76 Å². The summed E-state index contributed by atoms with van der Waals surface area (Å²) in [5.41, 5.74) is -0.427. The monoisotopic (exact) mass is 153 g/mol. The molecule has 4 nitrogen and oxygen atoms in total. The lowest BCUT2D eigenvalue weighted by molar-refractivity contribution is -0.109. The standard InChI is InChI=1S/C7H7NO3/c1-11-5-3-2-4(9)6(8)7(5)10/h2-3,8,10H,1H3. The minimum Gasteiger partial charge on any atom is -0.503 e. The summed E-state index contributed by atoms with van der Waals surface area (Å²) in [6.45, 7) is 0. The third-order valence-electron chi connectivity index (χ3n) is 1.32. The molecule has 1 aliphatic rings. The van der Waals surface area contributed by atoms with Gasteiger partial charge in [0.1, 0.15) is 5.71 Å². The molecule has 58 valence electrons. The lowest BCUT2D eigenvalue weighted by atomic mass is 10.1. The van der Waals surface area contributed by atoms with Crippen LogP contribution in [0.5, 0.6) is 0 Å². The second kappa shape index (κ2) is 2.57. The van der Waals surface area contributed by atoms with E-state index in [1.807, 2.05) is 0 Å². The van der Waals surface area contributed by atoms with E-state index in [1.165, 1.54) is 19.3 Å². The van der Waals surface area contributed by atoms with Gasteiger partial charge in [0, 0.05) is 0 Å². The Labute approximate surface area is 63.3 Å². The second-order valence-corrected chi connectivity index (χ2v) is 1.99. The number of aliphatic hydroxyl groups is 1. The summed E-state index contributed by atoms with van der Waals surface area (Å²) in [5.74, 6) is -0.766. The summed E-state index contributed by atoms with van der Waals surface area (Å²) in [5, 5.41) is 16.1. The molecule has 0 saturated carbocycles. The van der Waals surface area contributed by atoms with Gasteiger partial charge >= 0.3 is 0 Å². The predicted molar refractivity (Wildman–Crippen MR) is 38.5 cm³/mol. The molecule has 0 fully saturated rings. The molecular formula is C7H7NO3. The summed E-state index contributed by atoms with van der Waals surface area (Å²) in [7, 11) is 1.36. The highest BCUT2D eigenvalue weighted by atomic mass is 16.5. The van der Waals surface area contributed by atoms with Crippen molar-refractivity contribution in [2.75, 3.05) is 7.11 Å². The van der Waals surface area contributed by atoms with Crippen LogP contribution in [-0.4, -0.2) is 23.7 Å². The molecule has 0 atom stereocenters. The van der Waals surface area contributed by atoms with Gasteiger partial charge in [0.15, 0.2) is 11.5 Å². The second-order valence-electron chi connectivity index (χ2n) is 1.99. The topological polar surface area (TPSA) is 70.4 Å². The van der Waals surface area contributed by atoms with E-state index in [1.54, 1.807) is 0 Å². The van der Waals surface area contributed by atoms with Crippen LogP contribution in [-0.2, 0) is 9.53 Å². The third kappa shape index (κ3) is 1.14. The molecule has 0 aromatic rings. The Bertz CT molecular complexity index is 275. The summed E-state index contributed by atoms with van der Waals surface area (Å²) in [6, 6.07) is 0. The molecule has 2 N–H and O–H groups in total. The van der Waals surface area contributed by atoms with Crippen molar-refractivity contribution < 1.29 is 14.6 Å². The first-order valence-electron chi connectivity index (χ1n) is 2.95. The molecule has 0 bridgehead atoms. The molecule has 1 aliphatic carbocycles. The highest BCUT2D eigenvalue weighted by Gasteiger charge is 2.19. The molecule has 0 saturated heterocycles. The minimum absolute atomic E-state index is 0.148. The molecular weight excluding hydrogens is 146 g/mol. The fourth-order valence-corrected chi connectivity index (χ4v) is 0.718. The highest BCUT2D eigenvalue weighted by Crippen LogP contribution is 2.11. The quantitative estimate of drug-likeness (QED) is 0.541. The van der Waals surface area contributed by atoms with Crippen molar-refractivity contribution in [2.45, 2.75) is 0 Å². The molecule has 0 aromatic heterocycles. The number of aliphatic hydroxyl groups excluding tert-OH is 1. The zero-order valence-electron chi connectivity index (χ0n) is 5.92. The van der Waals surface area contributed by atoms with E-state index in [9.17, 15) is 4.79 Å². The van der Waals surface area contributed by atoms with Crippen LogP contribution in [0.15, 0.2) is 23.7 Å². The van der Waals surface area contributed by atoms with E-state index in [0.717, 1.165) is 0 Å². The van der Waals surface area contributed by atoms with Crippen LogP contribution in [0.1, 0.15) is 0 Å². The normalized spacial score (nSPS) is 17.5. The molecule has 0 spiro atoms. The van der Waals surface area contributed by atoms with Crippen molar-refractivity contribution in [3.05, 3.63) is 23.7 Å². The minimum atomic E-state index is -0.511. The van der Waals surface area contributed by atoms with Crippen LogP contribution in [0.25, 0.3) is 0 Å². The average Bonchev–Trinajstić information content (AvgIpc) is 2.01. The van der Waals surface area contributed by atoms with E-state index in [4.69, 9.17) is 10.5 Å². The van der Waals surface area contributed by atoms with Crippen LogP contribution < -0.4 is 0 Å². The third-order valence-corrected chi connectivity index (χ3v) is 1.32. The van der Waals surface area contributed by atoms with E-state index in [0.29, 0.717) is 0 Å². The number of carbonyl (C=O) groups excluding carboxylic acids is 1. The van der Waals surface area contributed by atoms with Crippen LogP contribution in [0.3, 0.4) is 0 Å². The number of hydrogen-bond donors (Lipinski definition) is 2. The van der Waals surface area contributed by atoms with Gasteiger partial charge in [-0.15, -0.1) is 0 Å². The van der Waals surface area contributed by atoms with E-state index >= 15 is 0 Å². The Balaban J connectivity index is 3.06. The Morgan fingerprint density at radius 1 is 1.55 bits per heavy atom. The van der Waals surface area contributed by atoms with E-state index in [2.05, 4.69) is 4.74 Å². The first kappa shape index (κ1) is 7.53. The number of hydrogen-bond acceptors (Lipinski definition) is 4. The Kier molecular flexibility index (Phi) is 1.76. The molecule has 11 heavy (non-hydrogen) atoms. The number of nitrogens with one attached hydrogen (secondary N) is 1. The molecule has 0 amide bonds. The molecule has 0 heterocycles. The fourth-order valence-electron chi connectivity index (χ4n) is 0.718. The fraction of sp³-hybridized carbons (Fsp3) is 0.143. The predicted octanol–water partition coefficient (Wildman–Crippen LogP) is 0.561. The summed E-state index contributed by atoms with van der Waals surface area (Å²) in [6.07, 6.45) is 2.51. The first-order chi connectivity index (χ1) is 5.16. The van der Waals surface area contributed by atoms with Crippen LogP contribution >= 0.6 is 0 Å². The van der Waals surface area contributed by atoms with Crippen molar-refractivity contribution in [1.82, 2.24) is 0 Å². The number of ether oxygens (including phenoxy) is 1. The number of rotatable bonds is 1. The number of methoxy groups -OCH3 is 1. The molecule has 0 aromatic carbocycles. The Morgan fingerprint density at radius 3 is 2.73 bits per heavy atom. The van der Waals surface area contributed by atoms with Crippen LogP contribution in [0, 0.1) is 5.41 Å². The molecule has 0 radical (unpaired) electrons. The van der Waals surface area contributed by atoms with Crippen molar-refractivity contribution >= 4 is 11.5 Å². The summed E-state index contributed by atoms with van der Waals surface area (Å²) >= 11 is 0. The molecule has 0 aliphatic heterocycles. The van der Waals surface area contributed by atoms with Crippen molar-refractivity contribution in [3.63, 3.8) is 0 Å². The van der Waals surface area contributed by atoms with Gasteiger partial charge in [-0.05, 0) is 12.2 Å². The molecule has 0 unspecified atom stereocenters. The number of carbonyl (C=O) groups is 1. The van der Waals surface area contributed by atoms with Crippen molar-refractivity contribution in [3.8, 4) is 0 Å². The maximum Gasteiger partial charge on any atom is 0.207 e. The van der Waals surface area contributed by atoms with E-state index < -0.39 is 17.3 Å². The number of allylic oxidation sites excluding steroid dienone is 3. The van der Waals surface area contributed by atoms with Gasteiger partial charge < -0.3 is 9.84 Å². The lowest BCUT2D eigenvalue weighted by Crippen LogP contribution is -2.18. The summed E-state index contributed by atoms with van der Waals surface area (Å²) < 4.78 is 4.67. The van der Waals surface area contributed by atoms with Crippen molar-refractivity contribution in [2.24, 2.45) is 0 Å². The average molecular weight is 153 g/mol. The zero-order chi connectivity index (χ0) is 8.43. The maximum atomic E-state index is 10.7. The van der Waals surface area contributed by atoms with Gasteiger partial charge in [-0.3, -0.25) is 10.2 Å². The Morgan fingerprint density at radius 2 is 2.18 bits per heavy atom. The van der Waals surface area contributed by atoms with Crippen LogP contribution in [0.4, 0.5) is 0 Å². The Hall–Kier alpha value is -1.58. The first-order valence-corrected chi connectivity index (χ1v) is 2.95. The van der Waals surface area contributed by atoms with Crippen molar-refractivity contribution in [1.29, 1.82) is 5.41 Å². The largest absolute Gasteiger partial charge is 0.503 e. The van der Waals surface area contributed by atoms with Gasteiger partial charge in [-0.25, -0.2) is 0 Å². The van der Waals surface area contributed by atoms with Gasteiger partial charge in [0.05, 0.1) is 7.11 Å². The molecule has 1 rings (SSSR count). The van der Waals surface area contributed by atoms with Gasteiger partial charge in [0.25, 0.3) is 0 Å². The lowest BCUT2D eigenvalue weighted by Gasteiger charge is -2.08. The summed E-state index contributed by atoms with van der Waals surface area (Å²) in [4.78, 5) is 10.7. The van der Waals surface area contributed by atoms with Gasteiger partial charge in [0.2, 0.25) is 5.78 Å². The number of ketones is 1. The maximum absolute atomic E-state index is 10.7. The van der Waals surface area contributed by atoms with Gasteiger partial charge in [-0.2, -0.15) is 0 Å². The highest BCUT2D eigenvalue weighted by molar-refractivity contribution is 6.48. The van der Waals surface area contributed by atoms with Crippen LogP contribution in [0.2, 0.25) is 0 Å². The smallest absolute Gasteiger partial charge is 0.207 e. The van der Waals surface area contributed by atoms with Gasteiger partial charge in [-0.1, -0.05) is 0 Å². The molecule has 4 heteroatoms.